The molecule has 1 saturated heterocycles. The van der Waals surface area contributed by atoms with Crippen LogP contribution in [0.2, 0.25) is 0 Å². The van der Waals surface area contributed by atoms with Crippen LogP contribution in [0.5, 0.6) is 0 Å². The van der Waals surface area contributed by atoms with Gasteiger partial charge in [0.05, 0.1) is 18.2 Å². The van der Waals surface area contributed by atoms with Gasteiger partial charge in [0.25, 0.3) is 0 Å². The van der Waals surface area contributed by atoms with Crippen LogP contribution in [0, 0.1) is 6.92 Å². The SMILES string of the molecule is CO[C@H]1CCCC[C@@H]1NC(=O)N1CCCC1Cn1ccnc1C. The van der Waals surface area contributed by atoms with E-state index in [9.17, 15) is 4.79 Å². The van der Waals surface area contributed by atoms with E-state index in [1.165, 1.54) is 12.8 Å². The van der Waals surface area contributed by atoms with E-state index in [0.717, 1.165) is 44.6 Å². The van der Waals surface area contributed by atoms with E-state index in [4.69, 9.17) is 4.74 Å². The Morgan fingerprint density at radius 1 is 1.35 bits per heavy atom. The maximum atomic E-state index is 12.7. The van der Waals surface area contributed by atoms with Crippen LogP contribution >= 0.6 is 0 Å². The summed E-state index contributed by atoms with van der Waals surface area (Å²) in [5.41, 5.74) is 0. The average molecular weight is 320 g/mol. The first kappa shape index (κ1) is 16.3. The van der Waals surface area contributed by atoms with Crippen LogP contribution in [-0.4, -0.2) is 52.3 Å². The molecule has 2 aliphatic rings. The third-order valence-electron chi connectivity index (χ3n) is 5.28. The van der Waals surface area contributed by atoms with Crippen molar-refractivity contribution in [1.29, 1.82) is 0 Å². The summed E-state index contributed by atoms with van der Waals surface area (Å²) in [5.74, 6) is 1.00. The number of aryl methyl sites for hydroxylation is 1. The molecule has 1 N–H and O–H groups in total. The second-order valence-electron chi connectivity index (χ2n) is 6.73. The number of methoxy groups -OCH3 is 1. The van der Waals surface area contributed by atoms with Crippen molar-refractivity contribution < 1.29 is 9.53 Å². The smallest absolute Gasteiger partial charge is 0.318 e. The standard InChI is InChI=1S/C17H28N4O2/c1-13-18-9-11-20(13)12-14-6-5-10-21(14)17(22)19-15-7-3-4-8-16(15)23-2/h9,11,14-16H,3-8,10,12H2,1-2H3,(H,19,22)/t14?,15-,16-/m0/s1. The van der Waals surface area contributed by atoms with Crippen LogP contribution in [-0.2, 0) is 11.3 Å². The van der Waals surface area contributed by atoms with Crippen LogP contribution in [0.1, 0.15) is 44.3 Å². The summed E-state index contributed by atoms with van der Waals surface area (Å²) in [4.78, 5) is 19.0. The third kappa shape index (κ3) is 3.68. The van der Waals surface area contributed by atoms with Crippen LogP contribution in [0.25, 0.3) is 0 Å². The molecule has 128 valence electrons. The summed E-state index contributed by atoms with van der Waals surface area (Å²) in [6.07, 6.45) is 10.5. The van der Waals surface area contributed by atoms with Crippen molar-refractivity contribution in [2.24, 2.45) is 0 Å². The number of nitrogens with one attached hydrogen (secondary N) is 1. The van der Waals surface area contributed by atoms with E-state index in [0.29, 0.717) is 0 Å². The van der Waals surface area contributed by atoms with Crippen LogP contribution in [0.4, 0.5) is 4.79 Å². The van der Waals surface area contributed by atoms with Gasteiger partial charge >= 0.3 is 6.03 Å². The molecule has 1 aliphatic carbocycles. The molecular weight excluding hydrogens is 292 g/mol. The second kappa shape index (κ2) is 7.34. The Bertz CT molecular complexity index is 530. The number of carbonyl (C=O) groups excluding carboxylic acids is 1. The molecule has 1 aliphatic heterocycles. The fourth-order valence-electron chi connectivity index (χ4n) is 3.90. The lowest BCUT2D eigenvalue weighted by Crippen LogP contribution is -2.52. The van der Waals surface area contributed by atoms with Gasteiger partial charge < -0.3 is 19.5 Å². The molecule has 3 atom stereocenters. The van der Waals surface area contributed by atoms with Gasteiger partial charge in [-0.15, -0.1) is 0 Å². The number of amides is 2. The summed E-state index contributed by atoms with van der Waals surface area (Å²) in [6, 6.07) is 0.476. The van der Waals surface area contributed by atoms with Crippen molar-refractivity contribution in [2.75, 3.05) is 13.7 Å². The highest BCUT2D eigenvalue weighted by molar-refractivity contribution is 5.75. The van der Waals surface area contributed by atoms with Crippen molar-refractivity contribution >= 4 is 6.03 Å². The number of rotatable bonds is 4. The minimum atomic E-state index is 0.0687. The van der Waals surface area contributed by atoms with Crippen LogP contribution in [0.3, 0.4) is 0 Å². The number of hydrogen-bond donors (Lipinski definition) is 1. The number of urea groups is 1. The molecule has 1 aromatic rings. The van der Waals surface area contributed by atoms with Crippen molar-refractivity contribution in [2.45, 2.75) is 70.2 Å². The molecule has 6 heteroatoms. The van der Waals surface area contributed by atoms with Gasteiger partial charge in [-0.1, -0.05) is 12.8 Å². The maximum Gasteiger partial charge on any atom is 0.318 e. The topological polar surface area (TPSA) is 59.4 Å². The molecule has 1 unspecified atom stereocenters. The normalized spacial score (nSPS) is 28.1. The van der Waals surface area contributed by atoms with Gasteiger partial charge in [-0.2, -0.15) is 0 Å². The fraction of sp³-hybridized carbons (Fsp3) is 0.765. The van der Waals surface area contributed by atoms with Crippen LogP contribution < -0.4 is 5.32 Å². The third-order valence-corrected chi connectivity index (χ3v) is 5.28. The predicted molar refractivity (Wildman–Crippen MR) is 88.3 cm³/mol. The Kier molecular flexibility index (Phi) is 5.20. The maximum absolute atomic E-state index is 12.7. The van der Waals surface area contributed by atoms with E-state index < -0.39 is 0 Å². The molecule has 1 aromatic heterocycles. The Morgan fingerprint density at radius 3 is 2.91 bits per heavy atom. The highest BCUT2D eigenvalue weighted by Gasteiger charge is 2.33. The molecule has 23 heavy (non-hydrogen) atoms. The highest BCUT2D eigenvalue weighted by atomic mass is 16.5. The number of carbonyl (C=O) groups is 1. The average Bonchev–Trinajstić information content (AvgIpc) is 3.18. The zero-order valence-corrected chi connectivity index (χ0v) is 14.2. The molecule has 0 spiro atoms. The molecule has 3 rings (SSSR count). The van der Waals surface area contributed by atoms with Gasteiger partial charge in [0.1, 0.15) is 5.82 Å². The predicted octanol–water partition coefficient (Wildman–Crippen LogP) is 2.32. The summed E-state index contributed by atoms with van der Waals surface area (Å²) >= 11 is 0. The van der Waals surface area contributed by atoms with E-state index in [-0.39, 0.29) is 24.2 Å². The fourth-order valence-corrected chi connectivity index (χ4v) is 3.90. The molecule has 6 nitrogen and oxygen atoms in total. The molecule has 0 bridgehead atoms. The lowest BCUT2D eigenvalue weighted by molar-refractivity contribution is 0.0427. The quantitative estimate of drug-likeness (QED) is 0.926. The Hall–Kier alpha value is -1.56. The van der Waals surface area contributed by atoms with Gasteiger partial charge in [-0.25, -0.2) is 9.78 Å². The van der Waals surface area contributed by atoms with Crippen molar-refractivity contribution in [1.82, 2.24) is 19.8 Å². The van der Waals surface area contributed by atoms with Gasteiger partial charge in [-0.3, -0.25) is 0 Å². The van der Waals surface area contributed by atoms with Gasteiger partial charge in [0, 0.05) is 32.6 Å². The number of likely N-dealkylation sites (tertiary alicyclic amines) is 1. The minimum absolute atomic E-state index is 0.0687. The molecule has 1 saturated carbocycles. The summed E-state index contributed by atoms with van der Waals surface area (Å²) in [5, 5.41) is 3.22. The number of ether oxygens (including phenoxy) is 1. The largest absolute Gasteiger partial charge is 0.379 e. The molecule has 2 heterocycles. The number of imidazole rings is 1. The van der Waals surface area contributed by atoms with Gasteiger partial charge in [0.2, 0.25) is 0 Å². The summed E-state index contributed by atoms with van der Waals surface area (Å²) in [7, 11) is 1.75. The van der Waals surface area contributed by atoms with Gasteiger partial charge in [0.15, 0.2) is 0 Å². The first-order valence-corrected chi connectivity index (χ1v) is 8.76. The molecule has 2 amide bonds. The van der Waals surface area contributed by atoms with Crippen LogP contribution in [0.15, 0.2) is 12.4 Å². The van der Waals surface area contributed by atoms with Crippen molar-refractivity contribution in [3.8, 4) is 0 Å². The zero-order chi connectivity index (χ0) is 16.2. The molecule has 0 aromatic carbocycles. The Balaban J connectivity index is 1.60. The summed E-state index contributed by atoms with van der Waals surface area (Å²) in [6.45, 7) is 3.68. The first-order chi connectivity index (χ1) is 11.2. The lowest BCUT2D eigenvalue weighted by atomic mass is 9.92. The van der Waals surface area contributed by atoms with Crippen molar-refractivity contribution in [3.05, 3.63) is 18.2 Å². The lowest BCUT2D eigenvalue weighted by Gasteiger charge is -2.34. The van der Waals surface area contributed by atoms with E-state index in [1.54, 1.807) is 7.11 Å². The molecule has 2 fully saturated rings. The highest BCUT2D eigenvalue weighted by Crippen LogP contribution is 2.23. The number of hydrogen-bond acceptors (Lipinski definition) is 3. The Labute approximate surface area is 138 Å². The molecule has 0 radical (unpaired) electrons. The number of nitrogens with zero attached hydrogens (tertiary/aromatic N) is 3. The van der Waals surface area contributed by atoms with Gasteiger partial charge in [-0.05, 0) is 32.6 Å². The van der Waals surface area contributed by atoms with E-state index in [1.807, 2.05) is 24.2 Å². The first-order valence-electron chi connectivity index (χ1n) is 8.76. The van der Waals surface area contributed by atoms with E-state index in [2.05, 4.69) is 14.9 Å². The monoisotopic (exact) mass is 320 g/mol. The van der Waals surface area contributed by atoms with E-state index >= 15 is 0 Å². The molecular formula is C17H28N4O2. The van der Waals surface area contributed by atoms with Crippen molar-refractivity contribution in [3.63, 3.8) is 0 Å². The zero-order valence-electron chi connectivity index (χ0n) is 14.2. The summed E-state index contributed by atoms with van der Waals surface area (Å²) < 4.78 is 7.68. The Morgan fingerprint density at radius 2 is 2.17 bits per heavy atom. The number of aromatic nitrogens is 2. The minimum Gasteiger partial charge on any atom is -0.379 e. The second-order valence-corrected chi connectivity index (χ2v) is 6.73.